The summed E-state index contributed by atoms with van der Waals surface area (Å²) in [6, 6.07) is 16.7. The van der Waals surface area contributed by atoms with Gasteiger partial charge in [-0.05, 0) is 48.1 Å². The summed E-state index contributed by atoms with van der Waals surface area (Å²) in [7, 11) is 0. The minimum Gasteiger partial charge on any atom is -0.484 e. The van der Waals surface area contributed by atoms with Crippen LogP contribution in [0.3, 0.4) is 0 Å². The Labute approximate surface area is 186 Å². The number of carbonyl (C=O) groups is 2. The van der Waals surface area contributed by atoms with Crippen molar-refractivity contribution < 1.29 is 19.1 Å². The fraction of sp³-hybridized carbons (Fsp3) is 0.391. The summed E-state index contributed by atoms with van der Waals surface area (Å²) < 4.78 is 11.2. The Bertz CT molecular complexity index is 808. The van der Waals surface area contributed by atoms with Crippen LogP contribution in [0, 0.1) is 0 Å². The molecule has 1 aliphatic rings. The van der Waals surface area contributed by atoms with Crippen LogP contribution in [0.5, 0.6) is 5.75 Å². The van der Waals surface area contributed by atoms with Gasteiger partial charge in [-0.15, -0.1) is 23.5 Å². The van der Waals surface area contributed by atoms with Gasteiger partial charge >= 0.3 is 5.97 Å². The van der Waals surface area contributed by atoms with E-state index >= 15 is 0 Å². The van der Waals surface area contributed by atoms with Crippen molar-refractivity contribution in [2.45, 2.75) is 30.4 Å². The molecule has 2 aromatic rings. The van der Waals surface area contributed by atoms with Crippen LogP contribution in [0.1, 0.15) is 29.1 Å². The SMILES string of the molecule is CCOC(=O)C(Cc1ccccc1)NC(=O)COc1ccc(C2SCCCS2)cc1. The molecule has 1 unspecified atom stereocenters. The van der Waals surface area contributed by atoms with Crippen molar-refractivity contribution in [3.8, 4) is 5.75 Å². The number of hydrogen-bond acceptors (Lipinski definition) is 6. The second-order valence-corrected chi connectivity index (χ2v) is 9.57. The average Bonchev–Trinajstić information content (AvgIpc) is 2.79. The Balaban J connectivity index is 1.52. The van der Waals surface area contributed by atoms with Gasteiger partial charge in [0, 0.05) is 6.42 Å². The fourth-order valence-corrected chi connectivity index (χ4v) is 5.97. The first kappa shape index (κ1) is 22.6. The lowest BCUT2D eigenvalue weighted by Gasteiger charge is -2.21. The third-order valence-electron chi connectivity index (χ3n) is 4.54. The molecule has 1 atom stereocenters. The maximum Gasteiger partial charge on any atom is 0.328 e. The predicted molar refractivity (Wildman–Crippen MR) is 123 cm³/mol. The first-order valence-electron chi connectivity index (χ1n) is 10.1. The topological polar surface area (TPSA) is 64.6 Å². The molecule has 0 aromatic heterocycles. The van der Waals surface area contributed by atoms with Crippen molar-refractivity contribution in [2.24, 2.45) is 0 Å². The monoisotopic (exact) mass is 445 g/mol. The highest BCUT2D eigenvalue weighted by atomic mass is 32.2. The van der Waals surface area contributed by atoms with Crippen LogP contribution in [-0.2, 0) is 20.7 Å². The van der Waals surface area contributed by atoms with Gasteiger partial charge in [0.15, 0.2) is 6.61 Å². The Kier molecular flexibility index (Phi) is 8.96. The fourth-order valence-electron chi connectivity index (χ4n) is 3.07. The molecule has 3 rings (SSSR count). The summed E-state index contributed by atoms with van der Waals surface area (Å²) >= 11 is 3.94. The third kappa shape index (κ3) is 6.99. The van der Waals surface area contributed by atoms with Crippen LogP contribution < -0.4 is 10.1 Å². The molecule has 1 heterocycles. The lowest BCUT2D eigenvalue weighted by atomic mass is 10.1. The summed E-state index contributed by atoms with van der Waals surface area (Å²) in [5, 5.41) is 2.74. The zero-order chi connectivity index (χ0) is 21.2. The number of amides is 1. The van der Waals surface area contributed by atoms with E-state index in [0.717, 1.165) is 5.56 Å². The highest BCUT2D eigenvalue weighted by Crippen LogP contribution is 2.43. The van der Waals surface area contributed by atoms with Crippen molar-refractivity contribution in [2.75, 3.05) is 24.7 Å². The van der Waals surface area contributed by atoms with Gasteiger partial charge in [-0.3, -0.25) is 4.79 Å². The lowest BCUT2D eigenvalue weighted by molar-refractivity contribution is -0.147. The maximum atomic E-state index is 12.4. The number of thioether (sulfide) groups is 2. The summed E-state index contributed by atoms with van der Waals surface area (Å²) in [6.07, 6.45) is 1.63. The van der Waals surface area contributed by atoms with Gasteiger partial charge < -0.3 is 14.8 Å². The van der Waals surface area contributed by atoms with E-state index in [0.29, 0.717) is 16.8 Å². The number of ether oxygens (including phenoxy) is 2. The van der Waals surface area contributed by atoms with Crippen LogP contribution >= 0.6 is 23.5 Å². The van der Waals surface area contributed by atoms with Gasteiger partial charge in [-0.1, -0.05) is 42.5 Å². The molecule has 1 saturated heterocycles. The van der Waals surface area contributed by atoms with E-state index in [2.05, 4.69) is 17.4 Å². The van der Waals surface area contributed by atoms with Crippen molar-refractivity contribution in [3.05, 3.63) is 65.7 Å². The smallest absolute Gasteiger partial charge is 0.328 e. The normalized spacial score (nSPS) is 15.2. The summed E-state index contributed by atoms with van der Waals surface area (Å²) in [4.78, 5) is 24.7. The first-order valence-corrected chi connectivity index (χ1v) is 12.2. The maximum absolute atomic E-state index is 12.4. The van der Waals surface area contributed by atoms with E-state index in [1.807, 2.05) is 66.0 Å². The van der Waals surface area contributed by atoms with Crippen LogP contribution in [0.4, 0.5) is 0 Å². The van der Waals surface area contributed by atoms with Crippen LogP contribution in [-0.4, -0.2) is 42.6 Å². The molecule has 1 aliphatic heterocycles. The second-order valence-electron chi connectivity index (χ2n) is 6.85. The van der Waals surface area contributed by atoms with E-state index in [4.69, 9.17) is 9.47 Å². The minimum absolute atomic E-state index is 0.156. The molecule has 5 nitrogen and oxygen atoms in total. The molecule has 1 amide bonds. The Hall–Kier alpha value is -2.12. The highest BCUT2D eigenvalue weighted by molar-refractivity contribution is 8.16. The number of rotatable bonds is 9. The number of benzene rings is 2. The van der Waals surface area contributed by atoms with Crippen molar-refractivity contribution >= 4 is 35.4 Å². The molecule has 0 saturated carbocycles. The molecule has 0 aliphatic carbocycles. The van der Waals surface area contributed by atoms with Gasteiger partial charge in [0.25, 0.3) is 5.91 Å². The van der Waals surface area contributed by atoms with Gasteiger partial charge in [0.2, 0.25) is 0 Å². The molecule has 1 N–H and O–H groups in total. The number of esters is 1. The highest BCUT2D eigenvalue weighted by Gasteiger charge is 2.23. The number of hydrogen-bond donors (Lipinski definition) is 1. The number of carbonyl (C=O) groups excluding carboxylic acids is 2. The average molecular weight is 446 g/mol. The van der Waals surface area contributed by atoms with Gasteiger partial charge in [0.05, 0.1) is 11.2 Å². The van der Waals surface area contributed by atoms with Gasteiger partial charge in [-0.2, -0.15) is 0 Å². The molecular weight excluding hydrogens is 418 g/mol. The molecule has 2 aromatic carbocycles. The molecule has 7 heteroatoms. The lowest BCUT2D eigenvalue weighted by Crippen LogP contribution is -2.45. The van der Waals surface area contributed by atoms with Crippen LogP contribution in [0.15, 0.2) is 54.6 Å². The summed E-state index contributed by atoms with van der Waals surface area (Å²) in [5.74, 6) is 2.23. The van der Waals surface area contributed by atoms with Gasteiger partial charge in [0.1, 0.15) is 11.8 Å². The third-order valence-corrected chi connectivity index (χ3v) is 7.55. The quantitative estimate of drug-likeness (QED) is 0.583. The van der Waals surface area contributed by atoms with E-state index in [1.54, 1.807) is 6.92 Å². The van der Waals surface area contributed by atoms with Crippen molar-refractivity contribution in [1.29, 1.82) is 0 Å². The van der Waals surface area contributed by atoms with Crippen molar-refractivity contribution in [1.82, 2.24) is 5.32 Å². The van der Waals surface area contributed by atoms with Crippen LogP contribution in [0.2, 0.25) is 0 Å². The standard InChI is InChI=1S/C23H27NO4S2/c1-2-27-22(26)20(15-17-7-4-3-5-8-17)24-21(25)16-28-19-11-9-18(10-12-19)23-29-13-6-14-30-23/h3-5,7-12,20,23H,2,6,13-16H2,1H3,(H,24,25). The second kappa shape index (κ2) is 11.9. The number of nitrogens with one attached hydrogen (secondary N) is 1. The van der Waals surface area contributed by atoms with E-state index in [-0.39, 0.29) is 19.1 Å². The molecule has 160 valence electrons. The largest absolute Gasteiger partial charge is 0.484 e. The van der Waals surface area contributed by atoms with Crippen LogP contribution in [0.25, 0.3) is 0 Å². The molecule has 30 heavy (non-hydrogen) atoms. The zero-order valence-electron chi connectivity index (χ0n) is 17.0. The predicted octanol–water partition coefficient (Wildman–Crippen LogP) is 4.22. The zero-order valence-corrected chi connectivity index (χ0v) is 18.7. The van der Waals surface area contributed by atoms with Crippen molar-refractivity contribution in [3.63, 3.8) is 0 Å². The Morgan fingerprint density at radius 2 is 1.77 bits per heavy atom. The van der Waals surface area contributed by atoms with E-state index < -0.39 is 12.0 Å². The summed E-state index contributed by atoms with van der Waals surface area (Å²) in [5.41, 5.74) is 2.22. The van der Waals surface area contributed by atoms with E-state index in [9.17, 15) is 9.59 Å². The Morgan fingerprint density at radius 1 is 1.07 bits per heavy atom. The molecular formula is C23H27NO4S2. The molecule has 0 bridgehead atoms. The summed E-state index contributed by atoms with van der Waals surface area (Å²) in [6.45, 7) is 1.85. The first-order chi connectivity index (χ1) is 14.7. The molecule has 1 fully saturated rings. The van der Waals surface area contributed by atoms with E-state index in [1.165, 1.54) is 23.5 Å². The molecule has 0 radical (unpaired) electrons. The Morgan fingerprint density at radius 3 is 2.43 bits per heavy atom. The minimum atomic E-state index is -0.744. The van der Waals surface area contributed by atoms with Gasteiger partial charge in [-0.25, -0.2) is 4.79 Å². The molecule has 0 spiro atoms.